The van der Waals surface area contributed by atoms with Gasteiger partial charge in [0.25, 0.3) is 5.69 Å². The van der Waals surface area contributed by atoms with E-state index in [1.165, 1.54) is 17.4 Å². The average molecular weight is 431 g/mol. The van der Waals surface area contributed by atoms with E-state index in [9.17, 15) is 15.2 Å². The summed E-state index contributed by atoms with van der Waals surface area (Å²) in [5.41, 5.74) is 3.39. The van der Waals surface area contributed by atoms with Crippen LogP contribution in [0.5, 0.6) is 5.75 Å². The van der Waals surface area contributed by atoms with Gasteiger partial charge in [-0.05, 0) is 57.9 Å². The Labute approximate surface area is 179 Å². The van der Waals surface area contributed by atoms with Gasteiger partial charge in [0.1, 0.15) is 5.75 Å². The predicted molar refractivity (Wildman–Crippen MR) is 122 cm³/mol. The van der Waals surface area contributed by atoms with Gasteiger partial charge in [0, 0.05) is 12.1 Å². The van der Waals surface area contributed by atoms with Crippen LogP contribution in [0.1, 0.15) is 58.2 Å². The minimum absolute atomic E-state index is 0.0520. The molecule has 0 amide bonds. The topological polar surface area (TPSA) is 68.3 Å². The Balaban J connectivity index is 2.24. The monoisotopic (exact) mass is 430 g/mol. The molecular weight excluding hydrogens is 404 g/mol. The summed E-state index contributed by atoms with van der Waals surface area (Å²) < 4.78 is 3.55. The molecule has 0 saturated carbocycles. The summed E-state index contributed by atoms with van der Waals surface area (Å²) in [5.74, 6) is 0.292. The van der Waals surface area contributed by atoms with Gasteiger partial charge in [0.15, 0.2) is 3.95 Å². The summed E-state index contributed by atoms with van der Waals surface area (Å²) in [6.45, 7) is 13.0. The summed E-state index contributed by atoms with van der Waals surface area (Å²) in [5, 5.41) is 21.9. The fraction of sp³-hybridized carbons (Fsp3) is 0.409. The van der Waals surface area contributed by atoms with Crippen molar-refractivity contribution >= 4 is 39.5 Å². The first-order valence-corrected chi connectivity index (χ1v) is 10.7. The lowest BCUT2D eigenvalue weighted by atomic mass is 9.78. The molecule has 1 N–H and O–H groups in total. The van der Waals surface area contributed by atoms with Gasteiger partial charge in [-0.1, -0.05) is 41.5 Å². The molecule has 0 spiro atoms. The molecule has 1 heterocycles. The molecule has 0 aliphatic carbocycles. The average Bonchev–Trinajstić information content (AvgIpc) is 2.89. The molecule has 3 aromatic rings. The SMILES string of the molecule is CC(C)(C)c1cc(Cn2c(=S)sc3ccc([N+](=O)[O-])cc32)c(C(C)(C)C)cc1O. The number of phenolic OH excluding ortho intramolecular Hbond substituents is 1. The van der Waals surface area contributed by atoms with Crippen molar-refractivity contribution in [3.63, 3.8) is 0 Å². The van der Waals surface area contributed by atoms with Crippen LogP contribution in [-0.2, 0) is 17.4 Å². The number of nitrogens with zero attached hydrogens (tertiary/aromatic N) is 2. The van der Waals surface area contributed by atoms with E-state index >= 15 is 0 Å². The quantitative estimate of drug-likeness (QED) is 0.285. The molecule has 29 heavy (non-hydrogen) atoms. The van der Waals surface area contributed by atoms with E-state index in [4.69, 9.17) is 12.2 Å². The molecule has 7 heteroatoms. The Morgan fingerprint density at radius 3 is 2.24 bits per heavy atom. The van der Waals surface area contributed by atoms with E-state index in [0.717, 1.165) is 26.9 Å². The second-order valence-electron chi connectivity index (χ2n) is 9.39. The zero-order valence-corrected chi connectivity index (χ0v) is 19.2. The summed E-state index contributed by atoms with van der Waals surface area (Å²) in [4.78, 5) is 10.9. The number of non-ortho nitro benzene ring substituents is 1. The third-order valence-corrected chi connectivity index (χ3v) is 6.46. The molecule has 0 saturated heterocycles. The highest BCUT2D eigenvalue weighted by molar-refractivity contribution is 7.73. The number of rotatable bonds is 3. The summed E-state index contributed by atoms with van der Waals surface area (Å²) in [6.07, 6.45) is 0. The number of nitro groups is 1. The van der Waals surface area contributed by atoms with Crippen LogP contribution < -0.4 is 0 Å². The molecule has 0 atom stereocenters. The van der Waals surface area contributed by atoms with E-state index in [0.29, 0.717) is 16.2 Å². The Hall–Kier alpha value is -2.25. The fourth-order valence-electron chi connectivity index (χ4n) is 3.55. The van der Waals surface area contributed by atoms with E-state index in [-0.39, 0.29) is 21.4 Å². The standard InChI is InChI=1S/C22H26N2O3S2/c1-21(2,3)15-11-18(25)16(22(4,5)6)9-13(15)12-23-17-10-14(24(26)27)7-8-19(17)29-20(23)28/h7-11,25H,12H2,1-6H3. The molecule has 0 bridgehead atoms. The first-order valence-electron chi connectivity index (χ1n) is 9.43. The molecule has 154 valence electrons. The number of benzene rings is 2. The molecule has 0 aliphatic heterocycles. The lowest BCUT2D eigenvalue weighted by Crippen LogP contribution is -2.19. The van der Waals surface area contributed by atoms with Crippen molar-refractivity contribution in [2.24, 2.45) is 0 Å². The molecule has 0 unspecified atom stereocenters. The normalized spacial score (nSPS) is 12.5. The van der Waals surface area contributed by atoms with E-state index < -0.39 is 0 Å². The van der Waals surface area contributed by atoms with Gasteiger partial charge in [0.2, 0.25) is 0 Å². The number of fused-ring (bicyclic) bond motifs is 1. The van der Waals surface area contributed by atoms with E-state index in [1.54, 1.807) is 12.1 Å². The van der Waals surface area contributed by atoms with Crippen molar-refractivity contribution in [2.75, 3.05) is 0 Å². The molecule has 0 radical (unpaired) electrons. The number of hydrogen-bond donors (Lipinski definition) is 1. The molecular formula is C22H26N2O3S2. The van der Waals surface area contributed by atoms with E-state index in [1.807, 2.05) is 10.6 Å². The second-order valence-corrected chi connectivity index (χ2v) is 11.1. The smallest absolute Gasteiger partial charge is 0.271 e. The lowest BCUT2D eigenvalue weighted by molar-refractivity contribution is -0.384. The first kappa shape index (κ1) is 21.5. The predicted octanol–water partition coefficient (Wildman–Crippen LogP) is 6.69. The van der Waals surface area contributed by atoms with Crippen molar-refractivity contribution in [3.8, 4) is 5.75 Å². The zero-order chi connectivity index (χ0) is 21.7. The van der Waals surface area contributed by atoms with Crippen LogP contribution in [0, 0.1) is 14.1 Å². The summed E-state index contributed by atoms with van der Waals surface area (Å²) in [6, 6.07) is 8.77. The maximum atomic E-state index is 11.2. The van der Waals surface area contributed by atoms with Gasteiger partial charge in [-0.25, -0.2) is 0 Å². The van der Waals surface area contributed by atoms with Crippen LogP contribution in [-0.4, -0.2) is 14.6 Å². The summed E-state index contributed by atoms with van der Waals surface area (Å²) >= 11 is 7.04. The van der Waals surface area contributed by atoms with Crippen molar-refractivity contribution < 1.29 is 10.0 Å². The van der Waals surface area contributed by atoms with Crippen LogP contribution in [0.15, 0.2) is 30.3 Å². The zero-order valence-electron chi connectivity index (χ0n) is 17.6. The second kappa shape index (κ2) is 7.22. The Morgan fingerprint density at radius 2 is 1.69 bits per heavy atom. The highest BCUT2D eigenvalue weighted by Crippen LogP contribution is 2.38. The number of aromatic nitrogens is 1. The molecule has 3 rings (SSSR count). The van der Waals surface area contributed by atoms with Crippen LogP contribution in [0.4, 0.5) is 5.69 Å². The molecule has 5 nitrogen and oxygen atoms in total. The third kappa shape index (κ3) is 4.21. The van der Waals surface area contributed by atoms with Crippen molar-refractivity contribution in [2.45, 2.75) is 58.9 Å². The van der Waals surface area contributed by atoms with Crippen LogP contribution >= 0.6 is 23.6 Å². The highest BCUT2D eigenvalue weighted by Gasteiger charge is 2.25. The Kier molecular flexibility index (Phi) is 5.34. The number of hydrogen-bond acceptors (Lipinski definition) is 5. The van der Waals surface area contributed by atoms with Crippen molar-refractivity contribution in [1.29, 1.82) is 0 Å². The van der Waals surface area contributed by atoms with Gasteiger partial charge in [-0.2, -0.15) is 0 Å². The van der Waals surface area contributed by atoms with Crippen LogP contribution in [0.3, 0.4) is 0 Å². The van der Waals surface area contributed by atoms with Crippen LogP contribution in [0.25, 0.3) is 10.2 Å². The number of thiazole rings is 1. The minimum Gasteiger partial charge on any atom is -0.508 e. The third-order valence-electron chi connectivity index (χ3n) is 5.03. The molecule has 0 aliphatic rings. The maximum Gasteiger partial charge on any atom is 0.271 e. The molecule has 0 fully saturated rings. The van der Waals surface area contributed by atoms with Gasteiger partial charge in [-0.15, -0.1) is 11.3 Å². The summed E-state index contributed by atoms with van der Waals surface area (Å²) in [7, 11) is 0. The van der Waals surface area contributed by atoms with Crippen molar-refractivity contribution in [1.82, 2.24) is 4.57 Å². The molecule has 1 aromatic heterocycles. The van der Waals surface area contributed by atoms with Gasteiger partial charge in [-0.3, -0.25) is 10.1 Å². The van der Waals surface area contributed by atoms with Gasteiger partial charge < -0.3 is 9.67 Å². The van der Waals surface area contributed by atoms with Gasteiger partial charge >= 0.3 is 0 Å². The Bertz CT molecular complexity index is 1160. The fourth-order valence-corrected chi connectivity index (χ4v) is 4.85. The minimum atomic E-state index is -0.386. The Morgan fingerprint density at radius 1 is 1.07 bits per heavy atom. The van der Waals surface area contributed by atoms with Crippen LogP contribution in [0.2, 0.25) is 0 Å². The van der Waals surface area contributed by atoms with E-state index in [2.05, 4.69) is 47.6 Å². The number of nitro benzene ring substituents is 1. The molecule has 2 aromatic carbocycles. The van der Waals surface area contributed by atoms with Gasteiger partial charge in [0.05, 0.1) is 21.7 Å². The lowest BCUT2D eigenvalue weighted by Gasteiger charge is -2.28. The highest BCUT2D eigenvalue weighted by atomic mass is 32.1. The number of phenols is 1. The maximum absolute atomic E-state index is 11.2. The first-order chi connectivity index (χ1) is 13.3. The largest absolute Gasteiger partial charge is 0.508 e. The number of aromatic hydroxyl groups is 1. The van der Waals surface area contributed by atoms with Crippen molar-refractivity contribution in [3.05, 3.63) is 61.1 Å².